The van der Waals surface area contributed by atoms with E-state index in [1.165, 1.54) is 16.7 Å². The number of quaternary nitrogens is 1. The van der Waals surface area contributed by atoms with Crippen LogP contribution >= 0.6 is 0 Å². The van der Waals surface area contributed by atoms with Crippen LogP contribution in [0.3, 0.4) is 0 Å². The van der Waals surface area contributed by atoms with E-state index in [0.717, 1.165) is 74.5 Å². The molecular weight excluding hydrogens is 526 g/mol. The van der Waals surface area contributed by atoms with Crippen LogP contribution in [0.1, 0.15) is 62.1 Å². The van der Waals surface area contributed by atoms with E-state index in [1.54, 1.807) is 35.4 Å². The molecule has 0 radical (unpaired) electrons. The second-order valence-electron chi connectivity index (χ2n) is 9.74. The molecule has 9 nitrogen and oxygen atoms in total. The molecule has 0 heterocycles. The molecule has 0 aliphatic rings. The second-order valence-corrected chi connectivity index (χ2v) is 9.74. The first-order valence-electron chi connectivity index (χ1n) is 14.5. The quantitative estimate of drug-likeness (QED) is 0.176. The Morgan fingerprint density at radius 3 is 1.83 bits per heavy atom. The van der Waals surface area contributed by atoms with Gasteiger partial charge in [-0.3, -0.25) is 9.59 Å². The van der Waals surface area contributed by atoms with Gasteiger partial charge in [-0.15, -0.1) is 0 Å². The van der Waals surface area contributed by atoms with Crippen molar-refractivity contribution in [2.75, 3.05) is 54.7 Å². The fourth-order valence-corrected chi connectivity index (χ4v) is 4.50. The van der Waals surface area contributed by atoms with E-state index in [2.05, 4.69) is 23.5 Å². The SMILES string of the molecule is CCC(=O)OCCCCCOC(=O)CC[NH2+]CCc1cc(OC)c(OC)cc1CCCc1ccc(OC)c(OC)c1. The van der Waals surface area contributed by atoms with Crippen LogP contribution in [-0.4, -0.2) is 66.7 Å². The lowest BCUT2D eigenvalue weighted by Gasteiger charge is -2.15. The molecule has 0 spiro atoms. The summed E-state index contributed by atoms with van der Waals surface area (Å²) in [5.41, 5.74) is 3.65. The van der Waals surface area contributed by atoms with Crippen LogP contribution in [0.2, 0.25) is 0 Å². The number of nitrogens with two attached hydrogens (primary N) is 1. The summed E-state index contributed by atoms with van der Waals surface area (Å²) in [5.74, 6) is 2.56. The van der Waals surface area contributed by atoms with Crippen LogP contribution in [0, 0.1) is 0 Å². The molecule has 0 atom stereocenters. The summed E-state index contributed by atoms with van der Waals surface area (Å²) < 4.78 is 32.3. The third-order valence-corrected chi connectivity index (χ3v) is 6.84. The number of carbonyl (C=O) groups excluding carboxylic acids is 2. The predicted molar refractivity (Wildman–Crippen MR) is 157 cm³/mol. The molecule has 0 bridgehead atoms. The number of carbonyl (C=O) groups is 2. The summed E-state index contributed by atoms with van der Waals surface area (Å²) in [7, 11) is 6.59. The molecule has 0 aliphatic heterocycles. The molecule has 9 heteroatoms. The Labute approximate surface area is 244 Å². The zero-order valence-electron chi connectivity index (χ0n) is 25.4. The largest absolute Gasteiger partial charge is 0.493 e. The number of aryl methyl sites for hydroxylation is 2. The molecule has 0 aromatic heterocycles. The maximum absolute atomic E-state index is 12.1. The highest BCUT2D eigenvalue weighted by molar-refractivity contribution is 5.69. The van der Waals surface area contributed by atoms with Gasteiger partial charge in [-0.25, -0.2) is 0 Å². The van der Waals surface area contributed by atoms with Crippen molar-refractivity contribution in [3.05, 3.63) is 47.0 Å². The molecule has 2 aromatic carbocycles. The summed E-state index contributed by atoms with van der Waals surface area (Å²) in [6.45, 7) is 4.13. The van der Waals surface area contributed by atoms with E-state index in [0.29, 0.717) is 32.6 Å². The third kappa shape index (κ3) is 12.3. The Hall–Kier alpha value is -3.46. The number of ether oxygens (including phenoxy) is 6. The number of methoxy groups -OCH3 is 4. The van der Waals surface area contributed by atoms with Crippen LogP contribution in [0.15, 0.2) is 30.3 Å². The summed E-state index contributed by atoms with van der Waals surface area (Å²) in [4.78, 5) is 23.2. The minimum atomic E-state index is -0.180. The van der Waals surface area contributed by atoms with Gasteiger partial charge in [0.1, 0.15) is 0 Å². The van der Waals surface area contributed by atoms with Crippen molar-refractivity contribution < 1.29 is 43.3 Å². The van der Waals surface area contributed by atoms with Crippen molar-refractivity contribution in [1.82, 2.24) is 0 Å². The molecule has 2 N–H and O–H groups in total. The number of hydrogen-bond acceptors (Lipinski definition) is 8. The highest BCUT2D eigenvalue weighted by Crippen LogP contribution is 2.32. The number of esters is 2. The zero-order valence-corrected chi connectivity index (χ0v) is 25.4. The lowest BCUT2D eigenvalue weighted by Crippen LogP contribution is -2.85. The highest BCUT2D eigenvalue weighted by Gasteiger charge is 2.13. The van der Waals surface area contributed by atoms with Crippen molar-refractivity contribution in [2.45, 2.75) is 64.7 Å². The number of benzene rings is 2. The van der Waals surface area contributed by atoms with Gasteiger partial charge in [0.15, 0.2) is 23.0 Å². The summed E-state index contributed by atoms with van der Waals surface area (Å²) >= 11 is 0. The van der Waals surface area contributed by atoms with Gasteiger partial charge in [-0.05, 0) is 79.5 Å². The lowest BCUT2D eigenvalue weighted by molar-refractivity contribution is -0.653. The van der Waals surface area contributed by atoms with Gasteiger partial charge in [0, 0.05) is 12.8 Å². The van der Waals surface area contributed by atoms with E-state index >= 15 is 0 Å². The predicted octanol–water partition coefficient (Wildman–Crippen LogP) is 4.06. The van der Waals surface area contributed by atoms with E-state index < -0.39 is 0 Å². The fourth-order valence-electron chi connectivity index (χ4n) is 4.50. The molecule has 0 saturated carbocycles. The molecule has 0 amide bonds. The summed E-state index contributed by atoms with van der Waals surface area (Å²) in [5, 5.41) is 2.15. The maximum atomic E-state index is 12.1. The standard InChI is InChI=1S/C32H47NO8/c1-6-31(34)40-19-8-7-9-20-41-32(35)16-18-33-17-15-26-23-30(39-5)29(38-4)22-25(26)12-10-11-24-13-14-27(36-2)28(21-24)37-3/h13-14,21-23,33H,6-12,15-20H2,1-5H3/p+1. The van der Waals surface area contributed by atoms with E-state index in [4.69, 9.17) is 28.4 Å². The minimum absolute atomic E-state index is 0.180. The van der Waals surface area contributed by atoms with Gasteiger partial charge in [0.2, 0.25) is 0 Å². The first-order valence-corrected chi connectivity index (χ1v) is 14.5. The topological polar surface area (TPSA) is 106 Å². The van der Waals surface area contributed by atoms with Gasteiger partial charge in [-0.2, -0.15) is 0 Å². The maximum Gasteiger partial charge on any atom is 0.311 e. The average Bonchev–Trinajstić information content (AvgIpc) is 3.00. The van der Waals surface area contributed by atoms with Crippen LogP contribution in [0.5, 0.6) is 23.0 Å². The lowest BCUT2D eigenvalue weighted by atomic mass is 9.97. The molecule has 228 valence electrons. The zero-order chi connectivity index (χ0) is 29.9. The van der Waals surface area contributed by atoms with Crippen molar-refractivity contribution in [1.29, 1.82) is 0 Å². The molecule has 0 unspecified atom stereocenters. The molecule has 0 saturated heterocycles. The highest BCUT2D eigenvalue weighted by atomic mass is 16.5. The molecule has 0 fully saturated rings. The fraction of sp³-hybridized carbons (Fsp3) is 0.562. The van der Waals surface area contributed by atoms with Gasteiger partial charge in [0.25, 0.3) is 0 Å². The normalized spacial score (nSPS) is 10.7. The summed E-state index contributed by atoms with van der Waals surface area (Å²) in [6, 6.07) is 10.2. The molecular formula is C32H48NO8+. The van der Waals surface area contributed by atoms with Crippen molar-refractivity contribution in [2.24, 2.45) is 0 Å². The van der Waals surface area contributed by atoms with Crippen molar-refractivity contribution in [3.63, 3.8) is 0 Å². The number of hydrogen-bond donors (Lipinski definition) is 1. The smallest absolute Gasteiger partial charge is 0.311 e. The molecule has 0 aliphatic carbocycles. The van der Waals surface area contributed by atoms with Crippen LogP contribution in [0.4, 0.5) is 0 Å². The Morgan fingerprint density at radius 1 is 0.634 bits per heavy atom. The van der Waals surface area contributed by atoms with E-state index in [-0.39, 0.29) is 11.9 Å². The molecule has 41 heavy (non-hydrogen) atoms. The first kappa shape index (κ1) is 33.7. The molecule has 2 rings (SSSR count). The van der Waals surface area contributed by atoms with Crippen LogP contribution < -0.4 is 24.3 Å². The summed E-state index contributed by atoms with van der Waals surface area (Å²) in [6.07, 6.45) is 6.81. The third-order valence-electron chi connectivity index (χ3n) is 6.84. The van der Waals surface area contributed by atoms with Crippen molar-refractivity contribution in [3.8, 4) is 23.0 Å². The monoisotopic (exact) mass is 574 g/mol. The van der Waals surface area contributed by atoms with Gasteiger partial charge >= 0.3 is 11.9 Å². The van der Waals surface area contributed by atoms with Crippen molar-refractivity contribution >= 4 is 11.9 Å². The van der Waals surface area contributed by atoms with Gasteiger partial charge in [0.05, 0.1) is 61.2 Å². The number of unbranched alkanes of at least 4 members (excludes halogenated alkanes) is 2. The molecule has 2 aromatic rings. The number of rotatable bonds is 21. The Morgan fingerprint density at radius 2 is 1.22 bits per heavy atom. The van der Waals surface area contributed by atoms with Gasteiger partial charge in [-0.1, -0.05) is 13.0 Å². The van der Waals surface area contributed by atoms with E-state index in [9.17, 15) is 9.59 Å². The first-order chi connectivity index (χ1) is 19.9. The Balaban J connectivity index is 1.78. The minimum Gasteiger partial charge on any atom is -0.493 e. The van der Waals surface area contributed by atoms with Crippen LogP contribution in [0.25, 0.3) is 0 Å². The Bertz CT molecular complexity index is 1070. The van der Waals surface area contributed by atoms with Crippen LogP contribution in [-0.2, 0) is 38.3 Å². The average molecular weight is 575 g/mol. The van der Waals surface area contributed by atoms with E-state index in [1.807, 2.05) is 12.1 Å². The second kappa shape index (κ2) is 19.6. The Kier molecular flexibility index (Phi) is 16.1. The van der Waals surface area contributed by atoms with Gasteiger partial charge < -0.3 is 33.7 Å².